The van der Waals surface area contributed by atoms with Crippen molar-refractivity contribution in [3.05, 3.63) is 57.8 Å². The lowest BCUT2D eigenvalue weighted by Crippen LogP contribution is -2.29. The lowest BCUT2D eigenvalue weighted by atomic mass is 10.1. The number of fused-ring (bicyclic) bond motifs is 1. The van der Waals surface area contributed by atoms with Crippen molar-refractivity contribution in [1.29, 1.82) is 0 Å². The van der Waals surface area contributed by atoms with E-state index in [2.05, 4.69) is 20.9 Å². The molecule has 0 aliphatic carbocycles. The fourth-order valence-electron chi connectivity index (χ4n) is 2.43. The zero-order valence-corrected chi connectivity index (χ0v) is 12.3. The third kappa shape index (κ3) is 2.04. The molecule has 0 radical (unpaired) electrons. The second-order valence-corrected chi connectivity index (χ2v) is 5.62. The molecule has 1 aliphatic rings. The molecule has 4 nitrogen and oxygen atoms in total. The minimum atomic E-state index is -0.481. The average Bonchev–Trinajstić information content (AvgIpc) is 2.65. The van der Waals surface area contributed by atoms with Gasteiger partial charge in [-0.15, -0.1) is 0 Å². The van der Waals surface area contributed by atoms with Crippen LogP contribution in [-0.4, -0.2) is 16.7 Å². The summed E-state index contributed by atoms with van der Waals surface area (Å²) in [5.74, 6) is -0.932. The van der Waals surface area contributed by atoms with Gasteiger partial charge in [0.15, 0.2) is 0 Å². The highest BCUT2D eigenvalue weighted by Gasteiger charge is 2.37. The smallest absolute Gasteiger partial charge is 0.299 e. The predicted molar refractivity (Wildman–Crippen MR) is 78.6 cm³/mol. The highest BCUT2D eigenvalue weighted by molar-refractivity contribution is 9.10. The Hall–Kier alpha value is -2.01. The minimum absolute atomic E-state index is 0.355. The zero-order chi connectivity index (χ0) is 14.3. The maximum absolute atomic E-state index is 12.2. The quantitative estimate of drug-likeness (QED) is 0.795. The Balaban J connectivity index is 2.07. The molecule has 0 N–H and O–H groups in total. The number of hydrogen-bond acceptors (Lipinski definition) is 3. The van der Waals surface area contributed by atoms with Crippen LogP contribution in [0.25, 0.3) is 0 Å². The number of pyridine rings is 1. The van der Waals surface area contributed by atoms with E-state index < -0.39 is 11.7 Å². The first-order chi connectivity index (χ1) is 9.58. The van der Waals surface area contributed by atoms with Crippen LogP contribution in [-0.2, 0) is 11.3 Å². The van der Waals surface area contributed by atoms with Gasteiger partial charge < -0.3 is 4.90 Å². The number of benzene rings is 1. The standard InChI is InChI=1S/C15H11BrN2O2/c1-9-5-11(16)6-12-13(9)18(15(20)14(12)19)8-10-3-2-4-17-7-10/h2-7H,8H2,1H3. The molecule has 0 fully saturated rings. The first-order valence-corrected chi connectivity index (χ1v) is 6.92. The molecular formula is C15H11BrN2O2. The Bertz CT molecular complexity index is 713. The Morgan fingerprint density at radius 1 is 1.30 bits per heavy atom. The van der Waals surface area contributed by atoms with Crippen molar-refractivity contribution >= 4 is 33.3 Å². The summed E-state index contributed by atoms with van der Waals surface area (Å²) in [5.41, 5.74) is 2.96. The molecule has 0 bridgehead atoms. The molecular weight excluding hydrogens is 320 g/mol. The van der Waals surface area contributed by atoms with Gasteiger partial charge >= 0.3 is 0 Å². The summed E-state index contributed by atoms with van der Waals surface area (Å²) >= 11 is 3.36. The van der Waals surface area contributed by atoms with Gasteiger partial charge in [-0.3, -0.25) is 14.6 Å². The number of nitrogens with zero attached hydrogens (tertiary/aromatic N) is 2. The highest BCUT2D eigenvalue weighted by atomic mass is 79.9. The van der Waals surface area contributed by atoms with Gasteiger partial charge in [0.2, 0.25) is 0 Å². The molecule has 1 aromatic carbocycles. The Labute approximate surface area is 124 Å². The van der Waals surface area contributed by atoms with E-state index in [-0.39, 0.29) is 0 Å². The number of rotatable bonds is 2. The number of aryl methyl sites for hydroxylation is 1. The van der Waals surface area contributed by atoms with Crippen molar-refractivity contribution in [2.45, 2.75) is 13.5 Å². The number of carbonyl (C=O) groups is 2. The summed E-state index contributed by atoms with van der Waals surface area (Å²) in [5, 5.41) is 0. The molecule has 0 spiro atoms. The fraction of sp³-hybridized carbons (Fsp3) is 0.133. The predicted octanol–water partition coefficient (Wildman–Crippen LogP) is 2.88. The number of anilines is 1. The average molecular weight is 331 g/mol. The third-order valence-corrected chi connectivity index (χ3v) is 3.74. The first kappa shape index (κ1) is 13.0. The van der Waals surface area contributed by atoms with Crippen LogP contribution in [0.2, 0.25) is 0 Å². The largest absolute Gasteiger partial charge is 0.300 e. The van der Waals surface area contributed by atoms with E-state index in [1.807, 2.05) is 25.1 Å². The summed E-state index contributed by atoms with van der Waals surface area (Å²) in [6.07, 6.45) is 3.38. The van der Waals surface area contributed by atoms with Crippen LogP contribution in [0.1, 0.15) is 21.5 Å². The van der Waals surface area contributed by atoms with E-state index >= 15 is 0 Å². The second-order valence-electron chi connectivity index (χ2n) is 4.70. The number of hydrogen-bond donors (Lipinski definition) is 0. The van der Waals surface area contributed by atoms with Gasteiger partial charge in [-0.05, 0) is 36.2 Å². The molecule has 0 saturated heterocycles. The van der Waals surface area contributed by atoms with Gasteiger partial charge in [-0.1, -0.05) is 22.0 Å². The highest BCUT2D eigenvalue weighted by Crippen LogP contribution is 2.35. The first-order valence-electron chi connectivity index (χ1n) is 6.13. The Morgan fingerprint density at radius 3 is 2.80 bits per heavy atom. The SMILES string of the molecule is Cc1cc(Br)cc2c1N(Cc1cccnc1)C(=O)C2=O. The molecule has 5 heteroatoms. The minimum Gasteiger partial charge on any atom is -0.300 e. The molecule has 3 rings (SSSR count). The summed E-state index contributed by atoms with van der Waals surface area (Å²) in [7, 11) is 0. The molecule has 0 atom stereocenters. The van der Waals surface area contributed by atoms with Crippen molar-refractivity contribution < 1.29 is 9.59 Å². The maximum atomic E-state index is 12.2. The second kappa shape index (κ2) is 4.83. The number of halogens is 1. The van der Waals surface area contributed by atoms with Gasteiger partial charge in [0, 0.05) is 16.9 Å². The van der Waals surface area contributed by atoms with Gasteiger partial charge in [0.05, 0.1) is 17.8 Å². The van der Waals surface area contributed by atoms with Gasteiger partial charge in [-0.2, -0.15) is 0 Å². The van der Waals surface area contributed by atoms with Crippen LogP contribution in [0, 0.1) is 6.92 Å². The van der Waals surface area contributed by atoms with Crippen LogP contribution in [0.15, 0.2) is 41.1 Å². The fourth-order valence-corrected chi connectivity index (χ4v) is 3.00. The van der Waals surface area contributed by atoms with Crippen molar-refractivity contribution in [2.24, 2.45) is 0 Å². The monoisotopic (exact) mass is 330 g/mol. The molecule has 0 unspecified atom stereocenters. The molecule has 2 aromatic rings. The van der Waals surface area contributed by atoms with Crippen molar-refractivity contribution in [3.8, 4) is 0 Å². The van der Waals surface area contributed by atoms with Crippen LogP contribution < -0.4 is 4.90 Å². The lowest BCUT2D eigenvalue weighted by Gasteiger charge is -2.18. The van der Waals surface area contributed by atoms with Crippen molar-refractivity contribution in [3.63, 3.8) is 0 Å². The number of ketones is 1. The van der Waals surface area contributed by atoms with Gasteiger partial charge in [-0.25, -0.2) is 0 Å². The third-order valence-electron chi connectivity index (χ3n) is 3.28. The molecule has 1 aromatic heterocycles. The number of amides is 1. The summed E-state index contributed by atoms with van der Waals surface area (Å²) in [6.45, 7) is 2.25. The maximum Gasteiger partial charge on any atom is 0.299 e. The molecule has 20 heavy (non-hydrogen) atoms. The van der Waals surface area contributed by atoms with E-state index in [1.54, 1.807) is 18.5 Å². The van der Waals surface area contributed by atoms with Gasteiger partial charge in [0.25, 0.3) is 11.7 Å². The van der Waals surface area contributed by atoms with E-state index in [4.69, 9.17) is 0 Å². The Morgan fingerprint density at radius 2 is 2.10 bits per heavy atom. The topological polar surface area (TPSA) is 50.3 Å². The van der Waals surface area contributed by atoms with Crippen molar-refractivity contribution in [1.82, 2.24) is 4.98 Å². The van der Waals surface area contributed by atoms with Gasteiger partial charge in [0.1, 0.15) is 0 Å². The van der Waals surface area contributed by atoms with Crippen molar-refractivity contribution in [2.75, 3.05) is 4.90 Å². The van der Waals surface area contributed by atoms with E-state index in [1.165, 1.54) is 4.90 Å². The van der Waals surface area contributed by atoms with E-state index in [0.29, 0.717) is 17.8 Å². The zero-order valence-electron chi connectivity index (χ0n) is 10.8. The Kier molecular flexibility index (Phi) is 3.14. The summed E-state index contributed by atoms with van der Waals surface area (Å²) in [4.78, 5) is 29.8. The molecule has 2 heterocycles. The number of carbonyl (C=O) groups excluding carboxylic acids is 2. The van der Waals surface area contributed by atoms with E-state index in [9.17, 15) is 9.59 Å². The van der Waals surface area contributed by atoms with Crippen LogP contribution in [0.3, 0.4) is 0 Å². The van der Waals surface area contributed by atoms with Crippen LogP contribution >= 0.6 is 15.9 Å². The normalized spacial score (nSPS) is 13.8. The van der Waals surface area contributed by atoms with E-state index in [0.717, 1.165) is 15.6 Å². The molecule has 0 saturated carbocycles. The summed E-state index contributed by atoms with van der Waals surface area (Å²) in [6, 6.07) is 7.30. The summed E-state index contributed by atoms with van der Waals surface area (Å²) < 4.78 is 0.804. The van der Waals surface area contributed by atoms with Crippen LogP contribution in [0.5, 0.6) is 0 Å². The van der Waals surface area contributed by atoms with Crippen LogP contribution in [0.4, 0.5) is 5.69 Å². The molecule has 100 valence electrons. The lowest BCUT2D eigenvalue weighted by molar-refractivity contribution is -0.114. The molecule has 1 amide bonds. The number of Topliss-reactive ketones (excluding diaryl/α,β-unsaturated/α-hetero) is 1. The molecule has 1 aliphatic heterocycles. The number of aromatic nitrogens is 1.